The number of carbonyl (C=O) groups is 1. The summed E-state index contributed by atoms with van der Waals surface area (Å²) >= 11 is 0. The first kappa shape index (κ1) is 10.2. The molecule has 16 heavy (non-hydrogen) atoms. The van der Waals surface area contributed by atoms with Crippen molar-refractivity contribution in [2.45, 2.75) is 0 Å². The standard InChI is InChI=1S/C12H10N2O2/c15-11-5-1-3-9(7-11)12(16)14-10-4-2-6-13-8-10/h1-8,15H,(H,14,16). The third-order valence-electron chi connectivity index (χ3n) is 2.03. The highest BCUT2D eigenvalue weighted by Gasteiger charge is 2.05. The Labute approximate surface area is 92.6 Å². The molecular formula is C12H10N2O2. The second-order valence-electron chi connectivity index (χ2n) is 3.25. The van der Waals surface area contributed by atoms with Crippen LogP contribution < -0.4 is 5.32 Å². The number of carbonyl (C=O) groups excluding carboxylic acids is 1. The fraction of sp³-hybridized carbons (Fsp3) is 0. The van der Waals surface area contributed by atoms with Crippen molar-refractivity contribution >= 4 is 11.6 Å². The van der Waals surface area contributed by atoms with Crippen molar-refractivity contribution in [2.75, 3.05) is 5.32 Å². The third-order valence-corrected chi connectivity index (χ3v) is 2.03. The molecule has 0 aliphatic rings. The van der Waals surface area contributed by atoms with Crippen molar-refractivity contribution in [1.29, 1.82) is 0 Å². The van der Waals surface area contributed by atoms with E-state index in [0.717, 1.165) is 0 Å². The molecule has 0 radical (unpaired) electrons. The number of aromatic hydroxyl groups is 1. The van der Waals surface area contributed by atoms with Gasteiger partial charge in [0.05, 0.1) is 11.9 Å². The molecule has 4 nitrogen and oxygen atoms in total. The first-order chi connectivity index (χ1) is 7.75. The van der Waals surface area contributed by atoms with Gasteiger partial charge in [0.2, 0.25) is 0 Å². The van der Waals surface area contributed by atoms with Crippen LogP contribution in [0.15, 0.2) is 48.8 Å². The molecule has 2 rings (SSSR count). The van der Waals surface area contributed by atoms with Crippen LogP contribution >= 0.6 is 0 Å². The average molecular weight is 214 g/mol. The van der Waals surface area contributed by atoms with Crippen LogP contribution in [0.4, 0.5) is 5.69 Å². The zero-order chi connectivity index (χ0) is 11.4. The zero-order valence-corrected chi connectivity index (χ0v) is 8.42. The first-order valence-corrected chi connectivity index (χ1v) is 4.76. The minimum atomic E-state index is -0.274. The summed E-state index contributed by atoms with van der Waals surface area (Å²) in [6.45, 7) is 0. The molecule has 0 aliphatic carbocycles. The van der Waals surface area contributed by atoms with Gasteiger partial charge >= 0.3 is 0 Å². The van der Waals surface area contributed by atoms with Gasteiger partial charge in [0.1, 0.15) is 5.75 Å². The first-order valence-electron chi connectivity index (χ1n) is 4.76. The van der Waals surface area contributed by atoms with Gasteiger partial charge in [0.15, 0.2) is 0 Å². The quantitative estimate of drug-likeness (QED) is 0.804. The fourth-order valence-corrected chi connectivity index (χ4v) is 1.29. The predicted octanol–water partition coefficient (Wildman–Crippen LogP) is 2.04. The minimum absolute atomic E-state index is 0.0684. The van der Waals surface area contributed by atoms with Crippen LogP contribution in [-0.4, -0.2) is 16.0 Å². The molecule has 0 fully saturated rings. The van der Waals surface area contributed by atoms with Gasteiger partial charge in [-0.2, -0.15) is 0 Å². The van der Waals surface area contributed by atoms with Crippen LogP contribution in [0, 0.1) is 0 Å². The van der Waals surface area contributed by atoms with E-state index in [4.69, 9.17) is 0 Å². The lowest BCUT2D eigenvalue weighted by Crippen LogP contribution is -2.11. The van der Waals surface area contributed by atoms with E-state index < -0.39 is 0 Å². The molecular weight excluding hydrogens is 204 g/mol. The fourth-order valence-electron chi connectivity index (χ4n) is 1.29. The van der Waals surface area contributed by atoms with Gasteiger partial charge in [-0.15, -0.1) is 0 Å². The van der Waals surface area contributed by atoms with Gasteiger partial charge in [-0.1, -0.05) is 6.07 Å². The number of hydrogen-bond acceptors (Lipinski definition) is 3. The molecule has 0 unspecified atom stereocenters. The summed E-state index contributed by atoms with van der Waals surface area (Å²) in [5.74, 6) is -0.206. The number of rotatable bonds is 2. The maximum atomic E-state index is 11.7. The molecule has 0 aliphatic heterocycles. The topological polar surface area (TPSA) is 62.2 Å². The highest BCUT2D eigenvalue weighted by Crippen LogP contribution is 2.12. The summed E-state index contributed by atoms with van der Waals surface area (Å²) in [5.41, 5.74) is 1.03. The monoisotopic (exact) mass is 214 g/mol. The normalized spacial score (nSPS) is 9.75. The second kappa shape index (κ2) is 4.44. The van der Waals surface area contributed by atoms with E-state index in [2.05, 4.69) is 10.3 Å². The SMILES string of the molecule is O=C(Nc1cccnc1)c1cccc(O)c1. The number of nitrogens with one attached hydrogen (secondary N) is 1. The number of aromatic nitrogens is 1. The third kappa shape index (κ3) is 2.36. The molecule has 1 amide bonds. The van der Waals surface area contributed by atoms with Crippen LogP contribution in [0.3, 0.4) is 0 Å². The molecule has 80 valence electrons. The molecule has 0 saturated heterocycles. The summed E-state index contributed by atoms with van der Waals surface area (Å²) in [6.07, 6.45) is 3.19. The van der Waals surface area contributed by atoms with E-state index in [1.165, 1.54) is 12.1 Å². The molecule has 1 aromatic heterocycles. The largest absolute Gasteiger partial charge is 0.508 e. The Bertz CT molecular complexity index is 497. The predicted molar refractivity (Wildman–Crippen MR) is 60.3 cm³/mol. The zero-order valence-electron chi connectivity index (χ0n) is 8.42. The van der Waals surface area contributed by atoms with Crippen molar-refractivity contribution in [3.05, 3.63) is 54.4 Å². The van der Waals surface area contributed by atoms with Gasteiger partial charge in [0, 0.05) is 11.8 Å². The van der Waals surface area contributed by atoms with E-state index in [1.54, 1.807) is 36.7 Å². The Morgan fingerprint density at radius 2 is 2.12 bits per heavy atom. The number of anilines is 1. The number of phenols is 1. The Hall–Kier alpha value is -2.36. The molecule has 4 heteroatoms. The summed E-state index contributed by atoms with van der Waals surface area (Å²) in [7, 11) is 0. The van der Waals surface area contributed by atoms with Crippen molar-refractivity contribution in [2.24, 2.45) is 0 Å². The van der Waals surface area contributed by atoms with Crippen molar-refractivity contribution < 1.29 is 9.90 Å². The van der Waals surface area contributed by atoms with E-state index in [1.807, 2.05) is 0 Å². The van der Waals surface area contributed by atoms with Crippen LogP contribution in [0.5, 0.6) is 5.75 Å². The number of nitrogens with zero attached hydrogens (tertiary/aromatic N) is 1. The summed E-state index contributed by atoms with van der Waals surface area (Å²) < 4.78 is 0. The van der Waals surface area contributed by atoms with Crippen LogP contribution in [0.2, 0.25) is 0 Å². The lowest BCUT2D eigenvalue weighted by Gasteiger charge is -2.04. The van der Waals surface area contributed by atoms with E-state index in [-0.39, 0.29) is 11.7 Å². The van der Waals surface area contributed by atoms with E-state index >= 15 is 0 Å². The molecule has 2 aromatic rings. The highest BCUT2D eigenvalue weighted by molar-refractivity contribution is 6.04. The van der Waals surface area contributed by atoms with E-state index in [9.17, 15) is 9.90 Å². The number of hydrogen-bond donors (Lipinski definition) is 2. The van der Waals surface area contributed by atoms with Crippen LogP contribution in [0.25, 0.3) is 0 Å². The maximum absolute atomic E-state index is 11.7. The summed E-state index contributed by atoms with van der Waals surface area (Å²) in [6, 6.07) is 9.65. The molecule has 2 N–H and O–H groups in total. The van der Waals surface area contributed by atoms with E-state index in [0.29, 0.717) is 11.3 Å². The van der Waals surface area contributed by atoms with Crippen LogP contribution in [0.1, 0.15) is 10.4 Å². The highest BCUT2D eigenvalue weighted by atomic mass is 16.3. The van der Waals surface area contributed by atoms with Crippen molar-refractivity contribution in [3.63, 3.8) is 0 Å². The molecule has 1 heterocycles. The summed E-state index contributed by atoms with van der Waals surface area (Å²) in [4.78, 5) is 15.6. The number of pyridine rings is 1. The molecule has 0 spiro atoms. The van der Waals surface area contributed by atoms with Crippen molar-refractivity contribution in [1.82, 2.24) is 4.98 Å². The molecule has 0 saturated carbocycles. The molecule has 0 bridgehead atoms. The number of amides is 1. The smallest absolute Gasteiger partial charge is 0.255 e. The Morgan fingerprint density at radius 3 is 2.81 bits per heavy atom. The van der Waals surface area contributed by atoms with Crippen molar-refractivity contribution in [3.8, 4) is 5.75 Å². The Kier molecular flexibility index (Phi) is 2.82. The van der Waals surface area contributed by atoms with Crippen LogP contribution in [-0.2, 0) is 0 Å². The molecule has 1 aromatic carbocycles. The summed E-state index contributed by atoms with van der Waals surface area (Å²) in [5, 5.41) is 11.9. The minimum Gasteiger partial charge on any atom is -0.508 e. The Balaban J connectivity index is 2.15. The Morgan fingerprint density at radius 1 is 1.25 bits per heavy atom. The van der Waals surface area contributed by atoms with Gasteiger partial charge in [-0.05, 0) is 30.3 Å². The second-order valence-corrected chi connectivity index (χ2v) is 3.25. The number of phenolic OH excluding ortho intramolecular Hbond substituents is 1. The number of benzene rings is 1. The average Bonchev–Trinajstić information content (AvgIpc) is 2.30. The van der Waals surface area contributed by atoms with Gasteiger partial charge in [-0.3, -0.25) is 9.78 Å². The lowest BCUT2D eigenvalue weighted by atomic mass is 10.2. The molecule has 0 atom stereocenters. The maximum Gasteiger partial charge on any atom is 0.255 e. The van der Waals surface area contributed by atoms with Gasteiger partial charge in [0.25, 0.3) is 5.91 Å². The van der Waals surface area contributed by atoms with Gasteiger partial charge in [-0.25, -0.2) is 0 Å². The lowest BCUT2D eigenvalue weighted by molar-refractivity contribution is 0.102. The van der Waals surface area contributed by atoms with Gasteiger partial charge < -0.3 is 10.4 Å².